The molecule has 0 heterocycles. The minimum Gasteiger partial charge on any atom is -0.504 e. The van der Waals surface area contributed by atoms with Crippen molar-refractivity contribution in [2.45, 2.75) is 14.7 Å². The van der Waals surface area contributed by atoms with E-state index in [2.05, 4.69) is 10.2 Å². The summed E-state index contributed by atoms with van der Waals surface area (Å²) in [7, 11) is -14.7. The van der Waals surface area contributed by atoms with E-state index in [-0.39, 0.29) is 21.5 Å². The van der Waals surface area contributed by atoms with E-state index in [4.69, 9.17) is 0 Å². The number of hydrogen-bond acceptors (Lipinski definition) is 10. The third-order valence-corrected chi connectivity index (χ3v) is 7.67. The lowest BCUT2D eigenvalue weighted by Crippen LogP contribution is -2.00. The molecule has 4 aromatic rings. The van der Waals surface area contributed by atoms with Crippen LogP contribution in [0.2, 0.25) is 0 Å². The molecule has 0 spiro atoms. The van der Waals surface area contributed by atoms with E-state index in [9.17, 15) is 49.1 Å². The molecule has 0 atom stereocenters. The largest absolute Gasteiger partial charge is 0.504 e. The summed E-state index contributed by atoms with van der Waals surface area (Å²) in [6.07, 6.45) is 0. The van der Waals surface area contributed by atoms with Gasteiger partial charge < -0.3 is 10.2 Å². The van der Waals surface area contributed by atoms with E-state index >= 15 is 0 Å². The highest BCUT2D eigenvalue weighted by atomic mass is 32.2. The van der Waals surface area contributed by atoms with Crippen LogP contribution < -0.4 is 0 Å². The summed E-state index contributed by atoms with van der Waals surface area (Å²) in [5.41, 5.74) is -1.08. The zero-order chi connectivity index (χ0) is 26.6. The number of benzene rings is 4. The molecule has 188 valence electrons. The van der Waals surface area contributed by atoms with Gasteiger partial charge >= 0.3 is 0 Å². The Kier molecular flexibility index (Phi) is 5.98. The van der Waals surface area contributed by atoms with Crippen molar-refractivity contribution in [2.24, 2.45) is 10.2 Å². The lowest BCUT2D eigenvalue weighted by atomic mass is 10.1. The highest BCUT2D eigenvalue weighted by molar-refractivity contribution is 7.86. The second kappa shape index (κ2) is 8.47. The summed E-state index contributed by atoms with van der Waals surface area (Å²) >= 11 is 0. The predicted molar refractivity (Wildman–Crippen MR) is 125 cm³/mol. The molecule has 0 aliphatic rings. The molecule has 0 aromatic heterocycles. The smallest absolute Gasteiger partial charge is 0.298 e. The zero-order valence-corrected chi connectivity index (χ0v) is 20.0. The van der Waals surface area contributed by atoms with Crippen molar-refractivity contribution in [3.05, 3.63) is 54.6 Å². The van der Waals surface area contributed by atoms with Gasteiger partial charge in [0.2, 0.25) is 0 Å². The molecule has 4 aromatic carbocycles. The fraction of sp³-hybridized carbons (Fsp3) is 0. The van der Waals surface area contributed by atoms with Gasteiger partial charge in [0, 0.05) is 10.8 Å². The SMILES string of the molecule is O=S(=O)(O)c1ccc2c(N=Nc3c(O)c(S(=O)(=O)O)cc4ccccc34)c(O)c(S(=O)(=O)O)cc2c1. The van der Waals surface area contributed by atoms with Gasteiger partial charge in [0.1, 0.15) is 21.2 Å². The van der Waals surface area contributed by atoms with Crippen LogP contribution in [0.5, 0.6) is 11.5 Å². The van der Waals surface area contributed by atoms with Gasteiger partial charge in [0.05, 0.1) is 4.90 Å². The Morgan fingerprint density at radius 1 is 0.556 bits per heavy atom. The first kappa shape index (κ1) is 25.4. The van der Waals surface area contributed by atoms with Crippen LogP contribution in [-0.4, -0.2) is 49.1 Å². The van der Waals surface area contributed by atoms with Gasteiger partial charge in [-0.1, -0.05) is 30.3 Å². The summed E-state index contributed by atoms with van der Waals surface area (Å²) in [5, 5.41) is 28.7. The number of fused-ring (bicyclic) bond motifs is 2. The Labute approximate surface area is 203 Å². The number of aromatic hydroxyl groups is 2. The first-order valence-electron chi connectivity index (χ1n) is 9.47. The standard InChI is InChI=1S/C20H14N2O11S3/c23-19-15(35(28,29)30)8-10-3-1-2-4-13(10)17(19)21-22-18-14-6-5-12(34(25,26)27)7-11(14)9-16(20(18)24)36(31,32)33/h1-9,23-24H,(H,25,26,27)(H,28,29,30)(H,31,32,33). The molecule has 0 saturated heterocycles. The van der Waals surface area contributed by atoms with E-state index in [0.717, 1.165) is 30.3 Å². The van der Waals surface area contributed by atoms with E-state index in [1.165, 1.54) is 24.3 Å². The maximum atomic E-state index is 11.8. The lowest BCUT2D eigenvalue weighted by Gasteiger charge is -2.11. The Morgan fingerprint density at radius 2 is 1.03 bits per heavy atom. The van der Waals surface area contributed by atoms with Crippen molar-refractivity contribution >= 4 is 63.3 Å². The molecule has 0 bridgehead atoms. The van der Waals surface area contributed by atoms with E-state index in [0.29, 0.717) is 0 Å². The fourth-order valence-electron chi connectivity index (χ4n) is 3.48. The Hall–Kier alpha value is -3.67. The average molecular weight is 555 g/mol. The molecule has 0 radical (unpaired) electrons. The molecule has 0 unspecified atom stereocenters. The summed E-state index contributed by atoms with van der Waals surface area (Å²) in [6, 6.07) is 10.5. The molecule has 4 rings (SSSR count). The summed E-state index contributed by atoms with van der Waals surface area (Å²) in [5.74, 6) is -2.09. The van der Waals surface area contributed by atoms with Gasteiger partial charge in [0.15, 0.2) is 11.5 Å². The number of phenolic OH excluding ortho intramolecular Hbond substituents is 2. The molecule has 16 heteroatoms. The normalized spacial score (nSPS) is 13.1. The summed E-state index contributed by atoms with van der Waals surface area (Å²) in [6.45, 7) is 0. The van der Waals surface area contributed by atoms with Crippen LogP contribution in [0.15, 0.2) is 79.5 Å². The van der Waals surface area contributed by atoms with Crippen LogP contribution in [-0.2, 0) is 30.4 Å². The Bertz CT molecular complexity index is 1930. The van der Waals surface area contributed by atoms with Gasteiger partial charge in [-0.15, -0.1) is 10.2 Å². The monoisotopic (exact) mass is 554 g/mol. The first-order chi connectivity index (χ1) is 16.6. The van der Waals surface area contributed by atoms with Crippen molar-refractivity contribution in [1.82, 2.24) is 0 Å². The van der Waals surface area contributed by atoms with Crippen LogP contribution in [0.25, 0.3) is 21.5 Å². The van der Waals surface area contributed by atoms with Crippen molar-refractivity contribution in [2.75, 3.05) is 0 Å². The number of nitrogens with zero attached hydrogens (tertiary/aromatic N) is 2. The first-order valence-corrected chi connectivity index (χ1v) is 13.8. The average Bonchev–Trinajstić information content (AvgIpc) is 2.76. The van der Waals surface area contributed by atoms with E-state index in [1.807, 2.05) is 0 Å². The highest BCUT2D eigenvalue weighted by Gasteiger charge is 2.24. The van der Waals surface area contributed by atoms with E-state index < -0.39 is 67.9 Å². The number of rotatable bonds is 5. The number of azo groups is 1. The third-order valence-electron chi connectivity index (χ3n) is 5.09. The molecule has 0 saturated carbocycles. The highest BCUT2D eigenvalue weighted by Crippen LogP contribution is 2.45. The van der Waals surface area contributed by atoms with Crippen molar-refractivity contribution in [3.8, 4) is 11.5 Å². The Morgan fingerprint density at radius 3 is 1.53 bits per heavy atom. The van der Waals surface area contributed by atoms with Crippen molar-refractivity contribution in [3.63, 3.8) is 0 Å². The zero-order valence-electron chi connectivity index (χ0n) is 17.5. The molecule has 0 aliphatic carbocycles. The summed E-state index contributed by atoms with van der Waals surface area (Å²) in [4.78, 5) is -2.60. The van der Waals surface area contributed by atoms with E-state index in [1.54, 1.807) is 0 Å². The van der Waals surface area contributed by atoms with Gasteiger partial charge in [-0.2, -0.15) is 25.3 Å². The van der Waals surface area contributed by atoms with Gasteiger partial charge in [-0.25, -0.2) is 0 Å². The quantitative estimate of drug-likeness (QED) is 0.177. The molecular weight excluding hydrogens is 540 g/mol. The fourth-order valence-corrected chi connectivity index (χ4v) is 5.23. The lowest BCUT2D eigenvalue weighted by molar-refractivity contribution is 0.441. The maximum Gasteiger partial charge on any atom is 0.298 e. The Balaban J connectivity index is 2.07. The van der Waals surface area contributed by atoms with Crippen LogP contribution >= 0.6 is 0 Å². The topological polar surface area (TPSA) is 228 Å². The molecule has 0 amide bonds. The molecular formula is C20H14N2O11S3. The number of hydrogen-bond donors (Lipinski definition) is 5. The number of phenols is 2. The maximum absolute atomic E-state index is 11.8. The molecule has 5 N–H and O–H groups in total. The molecule has 36 heavy (non-hydrogen) atoms. The second-order valence-electron chi connectivity index (χ2n) is 7.37. The molecule has 0 aliphatic heterocycles. The van der Waals surface area contributed by atoms with Gasteiger partial charge in [-0.05, 0) is 35.0 Å². The summed E-state index contributed by atoms with van der Waals surface area (Å²) < 4.78 is 98.4. The second-order valence-corrected chi connectivity index (χ2v) is 11.6. The minimum atomic E-state index is -5.07. The van der Waals surface area contributed by atoms with Gasteiger partial charge in [-0.3, -0.25) is 13.7 Å². The van der Waals surface area contributed by atoms with Crippen LogP contribution in [0.4, 0.5) is 11.4 Å². The molecule has 13 nitrogen and oxygen atoms in total. The minimum absolute atomic E-state index is 0.0919. The molecule has 0 fully saturated rings. The van der Waals surface area contributed by atoms with Crippen molar-refractivity contribution in [1.29, 1.82) is 0 Å². The van der Waals surface area contributed by atoms with Gasteiger partial charge in [0.25, 0.3) is 30.4 Å². The van der Waals surface area contributed by atoms with Crippen molar-refractivity contribution < 1.29 is 49.1 Å². The third kappa shape index (κ3) is 4.60. The van der Waals surface area contributed by atoms with Crippen LogP contribution in [0.1, 0.15) is 0 Å². The van der Waals surface area contributed by atoms with Crippen LogP contribution in [0.3, 0.4) is 0 Å². The van der Waals surface area contributed by atoms with Crippen LogP contribution in [0, 0.1) is 0 Å². The predicted octanol–water partition coefficient (Wildman–Crippen LogP) is 3.56.